The lowest BCUT2D eigenvalue weighted by Crippen LogP contribution is -2.39. The highest BCUT2D eigenvalue weighted by Gasteiger charge is 2.33. The second-order valence-electron chi connectivity index (χ2n) is 5.64. The van der Waals surface area contributed by atoms with Gasteiger partial charge in [-0.3, -0.25) is 0 Å². The van der Waals surface area contributed by atoms with Gasteiger partial charge in [-0.05, 0) is 44.4 Å². The molecule has 1 atom stereocenters. The average molecular weight is 257 g/mol. The van der Waals surface area contributed by atoms with E-state index in [9.17, 15) is 0 Å². The molecule has 4 rings (SSSR count). The van der Waals surface area contributed by atoms with E-state index in [0.717, 1.165) is 29.9 Å². The molecule has 2 fully saturated rings. The monoisotopic (exact) mass is 257 g/mol. The molecule has 0 amide bonds. The summed E-state index contributed by atoms with van der Waals surface area (Å²) in [6.07, 6.45) is 8.79. The Kier molecular flexibility index (Phi) is 2.69. The van der Waals surface area contributed by atoms with Crippen molar-refractivity contribution in [1.29, 1.82) is 0 Å². The normalized spacial score (nSPS) is 23.1. The molecule has 0 aromatic carbocycles. The molecule has 1 aliphatic carbocycles. The van der Waals surface area contributed by atoms with Crippen molar-refractivity contribution in [2.24, 2.45) is 0 Å². The summed E-state index contributed by atoms with van der Waals surface area (Å²) < 4.78 is 5.50. The van der Waals surface area contributed by atoms with Crippen LogP contribution in [-0.4, -0.2) is 30.2 Å². The fourth-order valence-corrected chi connectivity index (χ4v) is 3.05. The van der Waals surface area contributed by atoms with E-state index >= 15 is 0 Å². The first kappa shape index (κ1) is 11.3. The van der Waals surface area contributed by atoms with Gasteiger partial charge in [0.15, 0.2) is 0 Å². The first-order valence-corrected chi connectivity index (χ1v) is 7.24. The van der Waals surface area contributed by atoms with Crippen LogP contribution in [0, 0.1) is 0 Å². The van der Waals surface area contributed by atoms with Gasteiger partial charge in [0.1, 0.15) is 11.4 Å². The largest absolute Gasteiger partial charge is 0.464 e. The van der Waals surface area contributed by atoms with Crippen LogP contribution in [0.1, 0.15) is 25.7 Å². The summed E-state index contributed by atoms with van der Waals surface area (Å²) in [5, 5.41) is 4.73. The molecule has 2 aromatic heterocycles. The van der Waals surface area contributed by atoms with Crippen molar-refractivity contribution in [1.82, 2.24) is 10.3 Å². The van der Waals surface area contributed by atoms with Crippen LogP contribution in [0.5, 0.6) is 0 Å². The molecule has 0 bridgehead atoms. The Bertz CT molecular complexity index is 570. The van der Waals surface area contributed by atoms with Gasteiger partial charge in [-0.15, -0.1) is 0 Å². The van der Waals surface area contributed by atoms with Gasteiger partial charge in [0, 0.05) is 24.8 Å². The fourth-order valence-electron chi connectivity index (χ4n) is 3.05. The molecule has 19 heavy (non-hydrogen) atoms. The maximum absolute atomic E-state index is 5.50. The number of nitrogens with one attached hydrogen (secondary N) is 1. The van der Waals surface area contributed by atoms with E-state index in [1.807, 2.05) is 18.3 Å². The van der Waals surface area contributed by atoms with E-state index in [4.69, 9.17) is 4.42 Å². The predicted octanol–water partition coefficient (Wildman–Crippen LogP) is 2.55. The zero-order valence-corrected chi connectivity index (χ0v) is 11.0. The van der Waals surface area contributed by atoms with Crippen LogP contribution in [0.4, 0.5) is 5.82 Å². The van der Waals surface area contributed by atoms with E-state index in [1.54, 1.807) is 6.26 Å². The molecule has 1 N–H and O–H groups in total. The van der Waals surface area contributed by atoms with Gasteiger partial charge in [-0.2, -0.15) is 0 Å². The number of hydrogen-bond acceptors (Lipinski definition) is 4. The van der Waals surface area contributed by atoms with E-state index in [-0.39, 0.29) is 0 Å². The third-order valence-corrected chi connectivity index (χ3v) is 4.20. The minimum Gasteiger partial charge on any atom is -0.464 e. The Hall–Kier alpha value is -1.55. The van der Waals surface area contributed by atoms with Crippen LogP contribution >= 0.6 is 0 Å². The lowest BCUT2D eigenvalue weighted by Gasteiger charge is -2.27. The molecule has 0 spiro atoms. The summed E-state index contributed by atoms with van der Waals surface area (Å²) in [6.45, 7) is 2.23. The smallest absolute Gasteiger partial charge is 0.140 e. The molecular formula is C15H19N3O. The van der Waals surface area contributed by atoms with Crippen LogP contribution < -0.4 is 10.2 Å². The maximum Gasteiger partial charge on any atom is 0.140 e. The summed E-state index contributed by atoms with van der Waals surface area (Å²) in [5.74, 6) is 1.10. The van der Waals surface area contributed by atoms with Gasteiger partial charge in [-0.1, -0.05) is 0 Å². The van der Waals surface area contributed by atoms with Crippen molar-refractivity contribution in [2.75, 3.05) is 18.0 Å². The van der Waals surface area contributed by atoms with Crippen molar-refractivity contribution < 1.29 is 4.42 Å². The molecule has 3 heterocycles. The lowest BCUT2D eigenvalue weighted by molar-refractivity contribution is 0.576. The molecule has 2 aromatic rings. The highest BCUT2D eigenvalue weighted by Crippen LogP contribution is 2.35. The lowest BCUT2D eigenvalue weighted by atomic mass is 10.2. The molecule has 4 heteroatoms. The Morgan fingerprint density at radius 3 is 3.05 bits per heavy atom. The highest BCUT2D eigenvalue weighted by atomic mass is 16.3. The van der Waals surface area contributed by atoms with Gasteiger partial charge in [-0.25, -0.2) is 4.98 Å². The van der Waals surface area contributed by atoms with Crippen LogP contribution in [0.25, 0.3) is 11.0 Å². The van der Waals surface area contributed by atoms with Gasteiger partial charge in [0.25, 0.3) is 0 Å². The number of nitrogens with zero attached hydrogens (tertiary/aromatic N) is 2. The predicted molar refractivity (Wildman–Crippen MR) is 75.4 cm³/mol. The third kappa shape index (κ3) is 2.10. The van der Waals surface area contributed by atoms with Gasteiger partial charge in [0.2, 0.25) is 0 Å². The van der Waals surface area contributed by atoms with Gasteiger partial charge >= 0.3 is 0 Å². The molecule has 1 aliphatic heterocycles. The summed E-state index contributed by atoms with van der Waals surface area (Å²) in [4.78, 5) is 7.11. The number of rotatable bonds is 4. The van der Waals surface area contributed by atoms with Crippen LogP contribution in [0.15, 0.2) is 29.0 Å². The Labute approximate surface area is 112 Å². The number of fused-ring (bicyclic) bond motifs is 1. The molecule has 100 valence electrons. The second-order valence-corrected chi connectivity index (χ2v) is 5.64. The second kappa shape index (κ2) is 4.53. The standard InChI is InChI=1S/C15H19N3O/c1-2-11(16-7-1)10-18(12-3-4-12)15-13-6-9-19-14(13)5-8-17-15/h5-6,8-9,11-12,16H,1-4,7,10H2. The van der Waals surface area contributed by atoms with E-state index < -0.39 is 0 Å². The van der Waals surface area contributed by atoms with Crippen LogP contribution in [0.2, 0.25) is 0 Å². The zero-order chi connectivity index (χ0) is 12.7. The third-order valence-electron chi connectivity index (χ3n) is 4.20. The number of anilines is 1. The summed E-state index contributed by atoms with van der Waals surface area (Å²) in [6, 6.07) is 5.27. The number of furan rings is 1. The minimum absolute atomic E-state index is 0.615. The average Bonchev–Trinajstić information content (AvgIpc) is 2.95. The van der Waals surface area contributed by atoms with E-state index in [0.29, 0.717) is 12.1 Å². The van der Waals surface area contributed by atoms with Gasteiger partial charge < -0.3 is 14.6 Å². The maximum atomic E-state index is 5.50. The van der Waals surface area contributed by atoms with Crippen LogP contribution in [0.3, 0.4) is 0 Å². The number of aromatic nitrogens is 1. The molecule has 1 unspecified atom stereocenters. The molecule has 2 aliphatic rings. The van der Waals surface area contributed by atoms with Crippen molar-refractivity contribution in [3.8, 4) is 0 Å². The Morgan fingerprint density at radius 2 is 2.26 bits per heavy atom. The molecule has 1 saturated heterocycles. The quantitative estimate of drug-likeness (QED) is 0.914. The van der Waals surface area contributed by atoms with Gasteiger partial charge in [0.05, 0.1) is 11.6 Å². The minimum atomic E-state index is 0.615. The van der Waals surface area contributed by atoms with Crippen molar-refractivity contribution in [3.05, 3.63) is 24.6 Å². The summed E-state index contributed by atoms with van der Waals surface area (Å²) in [7, 11) is 0. The number of hydrogen-bond donors (Lipinski definition) is 1. The van der Waals surface area contributed by atoms with Crippen molar-refractivity contribution in [3.63, 3.8) is 0 Å². The zero-order valence-electron chi connectivity index (χ0n) is 11.0. The Balaban J connectivity index is 1.67. The molecule has 1 saturated carbocycles. The summed E-state index contributed by atoms with van der Waals surface area (Å²) >= 11 is 0. The number of pyridine rings is 1. The SMILES string of the molecule is c1cc2occc2c(N(CC2CCCN2)C2CC2)n1. The molecule has 4 nitrogen and oxygen atoms in total. The van der Waals surface area contributed by atoms with E-state index in [1.165, 1.54) is 25.7 Å². The summed E-state index contributed by atoms with van der Waals surface area (Å²) in [5.41, 5.74) is 0.940. The molecular weight excluding hydrogens is 238 g/mol. The highest BCUT2D eigenvalue weighted by molar-refractivity contribution is 5.88. The van der Waals surface area contributed by atoms with Crippen molar-refractivity contribution >= 4 is 16.8 Å². The first-order valence-electron chi connectivity index (χ1n) is 7.24. The first-order chi connectivity index (χ1) is 9.42. The van der Waals surface area contributed by atoms with Crippen molar-refractivity contribution in [2.45, 2.75) is 37.8 Å². The topological polar surface area (TPSA) is 41.3 Å². The van der Waals surface area contributed by atoms with E-state index in [2.05, 4.69) is 15.2 Å². The molecule has 0 radical (unpaired) electrons. The fraction of sp³-hybridized carbons (Fsp3) is 0.533. The van der Waals surface area contributed by atoms with Crippen LogP contribution in [-0.2, 0) is 0 Å². The Morgan fingerprint density at radius 1 is 1.32 bits per heavy atom.